The molecule has 4 N–H and O–H groups in total. The van der Waals surface area contributed by atoms with Gasteiger partial charge in [0.15, 0.2) is 0 Å². The summed E-state index contributed by atoms with van der Waals surface area (Å²) in [6, 6.07) is 19.3. The van der Waals surface area contributed by atoms with Crippen molar-refractivity contribution in [3.05, 3.63) is 95.3 Å². The van der Waals surface area contributed by atoms with E-state index >= 15 is 0 Å². The normalized spacial score (nSPS) is 10.9. The summed E-state index contributed by atoms with van der Waals surface area (Å²) >= 11 is 0. The van der Waals surface area contributed by atoms with Crippen LogP contribution in [0.3, 0.4) is 0 Å². The molecular formula is C24H25N3O5. The molecule has 0 aliphatic rings. The predicted octanol–water partition coefficient (Wildman–Crippen LogP) is 3.32. The fraction of sp³-hybridized carbons (Fsp3) is 0.167. The number of carboxylic acids is 2. The van der Waals surface area contributed by atoms with E-state index in [2.05, 4.69) is 15.6 Å². The molecule has 0 bridgehead atoms. The molecule has 0 saturated heterocycles. The second-order valence-electron chi connectivity index (χ2n) is 7.00. The van der Waals surface area contributed by atoms with E-state index < -0.39 is 18.0 Å². The standard InChI is InChI=1S/C22H23N3O.C2H2O4/c1-16-8-9-17(2)20(14-16)25-22(26)21(19-6-4-3-5-7-19)24-15-18-10-12-23-13-11-18;3-1(4)2(5)6/h3-14,21,24H,15H2,1-2H3,(H,25,26);(H,3,4)(H,5,6). The predicted molar refractivity (Wildman–Crippen MR) is 120 cm³/mol. The fourth-order valence-electron chi connectivity index (χ4n) is 2.80. The third kappa shape index (κ3) is 7.66. The molecule has 0 spiro atoms. The maximum Gasteiger partial charge on any atom is 0.414 e. The quantitative estimate of drug-likeness (QED) is 0.437. The molecule has 8 nitrogen and oxygen atoms in total. The number of aromatic nitrogens is 1. The number of carboxylic acid groups (broad SMARTS) is 2. The molecule has 166 valence electrons. The van der Waals surface area contributed by atoms with Gasteiger partial charge in [-0.2, -0.15) is 0 Å². The van der Waals surface area contributed by atoms with Gasteiger partial charge in [0, 0.05) is 24.6 Å². The summed E-state index contributed by atoms with van der Waals surface area (Å²) < 4.78 is 0. The smallest absolute Gasteiger partial charge is 0.414 e. The third-order valence-corrected chi connectivity index (χ3v) is 4.49. The molecule has 1 atom stereocenters. The molecule has 0 fully saturated rings. The Morgan fingerprint density at radius 2 is 1.53 bits per heavy atom. The SMILES string of the molecule is Cc1ccc(C)c(NC(=O)C(NCc2ccncc2)c2ccccc2)c1.O=C(O)C(=O)O. The Hall–Kier alpha value is -4.04. The van der Waals surface area contributed by atoms with E-state index in [0.717, 1.165) is 27.9 Å². The number of carbonyl (C=O) groups excluding carboxylic acids is 1. The Bertz CT molecular complexity index is 1040. The molecule has 1 unspecified atom stereocenters. The van der Waals surface area contributed by atoms with E-state index in [4.69, 9.17) is 19.8 Å². The third-order valence-electron chi connectivity index (χ3n) is 4.49. The molecule has 1 heterocycles. The maximum absolute atomic E-state index is 13.0. The average molecular weight is 435 g/mol. The summed E-state index contributed by atoms with van der Waals surface area (Å²) in [4.78, 5) is 35.2. The van der Waals surface area contributed by atoms with Gasteiger partial charge in [0.25, 0.3) is 0 Å². The van der Waals surface area contributed by atoms with Crippen molar-refractivity contribution in [1.29, 1.82) is 0 Å². The van der Waals surface area contributed by atoms with Crippen molar-refractivity contribution < 1.29 is 24.6 Å². The van der Waals surface area contributed by atoms with Crippen LogP contribution in [0.15, 0.2) is 73.1 Å². The number of hydrogen-bond acceptors (Lipinski definition) is 5. The van der Waals surface area contributed by atoms with Crippen LogP contribution in [0.1, 0.15) is 28.3 Å². The Balaban J connectivity index is 0.000000534. The molecule has 32 heavy (non-hydrogen) atoms. The number of benzene rings is 2. The van der Waals surface area contributed by atoms with Gasteiger partial charge >= 0.3 is 11.9 Å². The van der Waals surface area contributed by atoms with Crippen molar-refractivity contribution in [2.45, 2.75) is 26.4 Å². The first-order valence-electron chi connectivity index (χ1n) is 9.79. The minimum absolute atomic E-state index is 0.0704. The minimum atomic E-state index is -1.82. The van der Waals surface area contributed by atoms with Crippen molar-refractivity contribution >= 4 is 23.5 Å². The molecule has 0 aliphatic carbocycles. The van der Waals surface area contributed by atoms with E-state index in [1.54, 1.807) is 12.4 Å². The highest BCUT2D eigenvalue weighted by atomic mass is 16.4. The molecule has 2 aromatic carbocycles. The Kier molecular flexibility index (Phi) is 9.06. The lowest BCUT2D eigenvalue weighted by Crippen LogP contribution is -2.33. The topological polar surface area (TPSA) is 129 Å². The van der Waals surface area contributed by atoms with E-state index in [0.29, 0.717) is 6.54 Å². The largest absolute Gasteiger partial charge is 0.473 e. The van der Waals surface area contributed by atoms with Gasteiger partial charge < -0.3 is 15.5 Å². The Morgan fingerprint density at radius 1 is 0.906 bits per heavy atom. The van der Waals surface area contributed by atoms with Crippen LogP contribution < -0.4 is 10.6 Å². The number of aliphatic carboxylic acids is 2. The average Bonchev–Trinajstić information content (AvgIpc) is 2.78. The number of amides is 1. The van der Waals surface area contributed by atoms with Gasteiger partial charge in [-0.25, -0.2) is 9.59 Å². The molecule has 1 aromatic heterocycles. The van der Waals surface area contributed by atoms with Crippen molar-refractivity contribution in [3.8, 4) is 0 Å². The number of rotatable bonds is 6. The van der Waals surface area contributed by atoms with E-state index in [1.165, 1.54) is 0 Å². The van der Waals surface area contributed by atoms with Crippen LogP contribution in [0.5, 0.6) is 0 Å². The first kappa shape index (κ1) is 24.2. The van der Waals surface area contributed by atoms with Gasteiger partial charge in [0.2, 0.25) is 5.91 Å². The monoisotopic (exact) mass is 435 g/mol. The summed E-state index contributed by atoms with van der Waals surface area (Å²) in [7, 11) is 0. The van der Waals surface area contributed by atoms with Crippen LogP contribution in [-0.2, 0) is 20.9 Å². The van der Waals surface area contributed by atoms with Gasteiger partial charge in [0.05, 0.1) is 0 Å². The summed E-state index contributed by atoms with van der Waals surface area (Å²) in [6.07, 6.45) is 3.51. The van der Waals surface area contributed by atoms with Crippen LogP contribution in [0.4, 0.5) is 5.69 Å². The summed E-state index contributed by atoms with van der Waals surface area (Å²) in [5, 5.41) is 21.2. The lowest BCUT2D eigenvalue weighted by atomic mass is 10.0. The van der Waals surface area contributed by atoms with Gasteiger partial charge in [-0.3, -0.25) is 15.1 Å². The Morgan fingerprint density at radius 3 is 2.12 bits per heavy atom. The summed E-state index contributed by atoms with van der Waals surface area (Å²) in [6.45, 7) is 4.60. The lowest BCUT2D eigenvalue weighted by molar-refractivity contribution is -0.159. The number of hydrogen-bond donors (Lipinski definition) is 4. The molecule has 0 saturated carbocycles. The highest BCUT2D eigenvalue weighted by molar-refractivity contribution is 6.27. The maximum atomic E-state index is 13.0. The number of aryl methyl sites for hydroxylation is 2. The highest BCUT2D eigenvalue weighted by Gasteiger charge is 2.20. The molecule has 3 rings (SSSR count). The molecule has 3 aromatic rings. The zero-order chi connectivity index (χ0) is 23.5. The highest BCUT2D eigenvalue weighted by Crippen LogP contribution is 2.20. The van der Waals surface area contributed by atoms with Gasteiger partial charge in [-0.15, -0.1) is 0 Å². The van der Waals surface area contributed by atoms with Crippen LogP contribution in [0.2, 0.25) is 0 Å². The van der Waals surface area contributed by atoms with Crippen LogP contribution in [0, 0.1) is 13.8 Å². The zero-order valence-corrected chi connectivity index (χ0v) is 17.8. The number of nitrogens with one attached hydrogen (secondary N) is 2. The molecule has 0 radical (unpaired) electrons. The second kappa shape index (κ2) is 12.0. The molecule has 8 heteroatoms. The summed E-state index contributed by atoms with van der Waals surface area (Å²) in [5.74, 6) is -3.72. The lowest BCUT2D eigenvalue weighted by Gasteiger charge is -2.20. The molecular weight excluding hydrogens is 410 g/mol. The van der Waals surface area contributed by atoms with E-state index in [1.807, 2.05) is 74.5 Å². The second-order valence-corrected chi connectivity index (χ2v) is 7.00. The summed E-state index contributed by atoms with van der Waals surface area (Å²) in [5.41, 5.74) is 5.03. The van der Waals surface area contributed by atoms with Crippen LogP contribution in [-0.4, -0.2) is 33.0 Å². The minimum Gasteiger partial charge on any atom is -0.473 e. The molecule has 1 amide bonds. The number of nitrogens with zero attached hydrogens (tertiary/aromatic N) is 1. The number of pyridine rings is 1. The number of carbonyl (C=O) groups is 3. The van der Waals surface area contributed by atoms with Crippen molar-refractivity contribution in [3.63, 3.8) is 0 Å². The zero-order valence-electron chi connectivity index (χ0n) is 17.8. The fourth-order valence-corrected chi connectivity index (χ4v) is 2.80. The van der Waals surface area contributed by atoms with Gasteiger partial charge in [-0.05, 0) is 54.3 Å². The van der Waals surface area contributed by atoms with Crippen LogP contribution >= 0.6 is 0 Å². The van der Waals surface area contributed by atoms with Crippen molar-refractivity contribution in [2.75, 3.05) is 5.32 Å². The van der Waals surface area contributed by atoms with Gasteiger partial charge in [-0.1, -0.05) is 42.5 Å². The number of anilines is 1. The molecule has 0 aliphatic heterocycles. The van der Waals surface area contributed by atoms with E-state index in [-0.39, 0.29) is 5.91 Å². The van der Waals surface area contributed by atoms with Crippen molar-refractivity contribution in [1.82, 2.24) is 10.3 Å². The van der Waals surface area contributed by atoms with Gasteiger partial charge in [0.1, 0.15) is 6.04 Å². The first-order chi connectivity index (χ1) is 15.3. The van der Waals surface area contributed by atoms with Crippen molar-refractivity contribution in [2.24, 2.45) is 0 Å². The van der Waals surface area contributed by atoms with Crippen LogP contribution in [0.25, 0.3) is 0 Å². The Labute approximate surface area is 185 Å². The first-order valence-corrected chi connectivity index (χ1v) is 9.79. The van der Waals surface area contributed by atoms with E-state index in [9.17, 15) is 4.79 Å².